The second-order valence-corrected chi connectivity index (χ2v) is 3.38. The number of halogens is 1. The summed E-state index contributed by atoms with van der Waals surface area (Å²) in [5, 5.41) is 0.442. The molecule has 1 atom stereocenters. The van der Waals surface area contributed by atoms with Gasteiger partial charge in [0.2, 0.25) is 0 Å². The van der Waals surface area contributed by atoms with Crippen molar-refractivity contribution in [1.82, 2.24) is 0 Å². The van der Waals surface area contributed by atoms with Crippen LogP contribution >= 0.6 is 11.6 Å². The summed E-state index contributed by atoms with van der Waals surface area (Å²) in [4.78, 5) is 11.7. The fourth-order valence-electron chi connectivity index (χ4n) is 1.15. The van der Waals surface area contributed by atoms with Crippen molar-refractivity contribution in [2.75, 3.05) is 0 Å². The van der Waals surface area contributed by atoms with E-state index in [1.807, 2.05) is 0 Å². The molecule has 0 aliphatic rings. The summed E-state index contributed by atoms with van der Waals surface area (Å²) in [6.07, 6.45) is 2.09. The Labute approximate surface area is 88.4 Å². The topological polar surface area (TPSA) is 43.1 Å². The third-order valence-electron chi connectivity index (χ3n) is 1.90. The van der Waals surface area contributed by atoms with Gasteiger partial charge in [-0.2, -0.15) is 0 Å². The molecule has 0 amide bonds. The maximum absolute atomic E-state index is 11.7. The highest BCUT2D eigenvalue weighted by Crippen LogP contribution is 2.16. The first-order chi connectivity index (χ1) is 6.66. The molecule has 3 heteroatoms. The van der Waals surface area contributed by atoms with Gasteiger partial charge in [-0.15, -0.1) is 6.58 Å². The Kier molecular flexibility index (Phi) is 3.86. The van der Waals surface area contributed by atoms with Crippen LogP contribution in [-0.4, -0.2) is 11.8 Å². The lowest BCUT2D eigenvalue weighted by molar-refractivity contribution is 0.0962. The predicted octanol–water partition coefficient (Wildman–Crippen LogP) is 2.43. The zero-order valence-electron chi connectivity index (χ0n) is 7.74. The molecule has 74 valence electrons. The van der Waals surface area contributed by atoms with E-state index in [1.54, 1.807) is 30.3 Å². The fourth-order valence-corrected chi connectivity index (χ4v) is 1.38. The molecule has 0 radical (unpaired) electrons. The first-order valence-electron chi connectivity index (χ1n) is 4.32. The quantitative estimate of drug-likeness (QED) is 0.612. The van der Waals surface area contributed by atoms with E-state index in [2.05, 4.69) is 6.58 Å². The van der Waals surface area contributed by atoms with Gasteiger partial charge >= 0.3 is 0 Å². The molecule has 1 aromatic rings. The van der Waals surface area contributed by atoms with Crippen molar-refractivity contribution >= 4 is 17.4 Å². The molecule has 1 unspecified atom stereocenters. The van der Waals surface area contributed by atoms with E-state index < -0.39 is 6.04 Å². The summed E-state index contributed by atoms with van der Waals surface area (Å²) in [5.74, 6) is -0.143. The Bertz CT molecular complexity index is 349. The van der Waals surface area contributed by atoms with Gasteiger partial charge in [0, 0.05) is 5.56 Å². The third kappa shape index (κ3) is 2.44. The highest BCUT2D eigenvalue weighted by Gasteiger charge is 2.16. The number of nitrogens with two attached hydrogens (primary N) is 1. The highest BCUT2D eigenvalue weighted by molar-refractivity contribution is 6.34. The van der Waals surface area contributed by atoms with Crippen LogP contribution in [0.5, 0.6) is 0 Å². The number of rotatable bonds is 4. The van der Waals surface area contributed by atoms with Crippen LogP contribution in [0.1, 0.15) is 16.8 Å². The van der Waals surface area contributed by atoms with Crippen LogP contribution in [0.2, 0.25) is 5.02 Å². The number of benzene rings is 1. The van der Waals surface area contributed by atoms with E-state index in [0.29, 0.717) is 17.0 Å². The predicted molar refractivity (Wildman–Crippen MR) is 58.6 cm³/mol. The Morgan fingerprint density at radius 1 is 1.57 bits per heavy atom. The molecule has 0 bridgehead atoms. The molecule has 0 saturated carbocycles. The summed E-state index contributed by atoms with van der Waals surface area (Å²) in [7, 11) is 0. The van der Waals surface area contributed by atoms with Gasteiger partial charge in [-0.1, -0.05) is 29.8 Å². The maximum Gasteiger partial charge on any atom is 0.181 e. The van der Waals surface area contributed by atoms with Crippen LogP contribution in [0.3, 0.4) is 0 Å². The van der Waals surface area contributed by atoms with Gasteiger partial charge in [-0.3, -0.25) is 4.79 Å². The van der Waals surface area contributed by atoms with Crippen molar-refractivity contribution in [2.45, 2.75) is 12.5 Å². The average Bonchev–Trinajstić information content (AvgIpc) is 2.18. The van der Waals surface area contributed by atoms with Crippen molar-refractivity contribution in [2.24, 2.45) is 5.73 Å². The number of carbonyl (C=O) groups excluding carboxylic acids is 1. The summed E-state index contributed by atoms with van der Waals surface area (Å²) < 4.78 is 0. The van der Waals surface area contributed by atoms with E-state index >= 15 is 0 Å². The second kappa shape index (κ2) is 4.94. The van der Waals surface area contributed by atoms with Gasteiger partial charge in [-0.05, 0) is 18.6 Å². The number of carbonyl (C=O) groups is 1. The molecule has 0 aliphatic heterocycles. The van der Waals surface area contributed by atoms with Crippen LogP contribution in [0, 0.1) is 0 Å². The van der Waals surface area contributed by atoms with Gasteiger partial charge in [0.25, 0.3) is 0 Å². The van der Waals surface area contributed by atoms with Gasteiger partial charge in [-0.25, -0.2) is 0 Å². The third-order valence-corrected chi connectivity index (χ3v) is 2.23. The first-order valence-corrected chi connectivity index (χ1v) is 4.70. The zero-order valence-corrected chi connectivity index (χ0v) is 8.50. The molecule has 0 spiro atoms. The maximum atomic E-state index is 11.7. The molecule has 0 saturated heterocycles. The van der Waals surface area contributed by atoms with E-state index in [-0.39, 0.29) is 5.78 Å². The number of ketones is 1. The second-order valence-electron chi connectivity index (χ2n) is 2.97. The van der Waals surface area contributed by atoms with E-state index in [0.717, 1.165) is 0 Å². The van der Waals surface area contributed by atoms with Gasteiger partial charge < -0.3 is 5.73 Å². The monoisotopic (exact) mass is 209 g/mol. The molecule has 2 N–H and O–H groups in total. The molecule has 1 aromatic carbocycles. The molecule has 0 fully saturated rings. The van der Waals surface area contributed by atoms with Gasteiger partial charge in [0.15, 0.2) is 5.78 Å². The smallest absolute Gasteiger partial charge is 0.181 e. The van der Waals surface area contributed by atoms with Crippen molar-refractivity contribution in [3.05, 3.63) is 47.5 Å². The Hall–Kier alpha value is -1.12. The SMILES string of the molecule is C=CCC(N)C(=O)c1ccccc1Cl. The molecule has 2 nitrogen and oxygen atoms in total. The Morgan fingerprint density at radius 3 is 2.79 bits per heavy atom. The summed E-state index contributed by atoms with van der Waals surface area (Å²) in [6.45, 7) is 3.53. The molecular weight excluding hydrogens is 198 g/mol. The number of hydrogen-bond acceptors (Lipinski definition) is 2. The van der Waals surface area contributed by atoms with Crippen LogP contribution in [0.4, 0.5) is 0 Å². The van der Waals surface area contributed by atoms with Crippen LogP contribution < -0.4 is 5.73 Å². The lowest BCUT2D eigenvalue weighted by Crippen LogP contribution is -2.29. The first kappa shape index (κ1) is 11.0. The number of hydrogen-bond donors (Lipinski definition) is 1. The van der Waals surface area contributed by atoms with Crippen molar-refractivity contribution in [1.29, 1.82) is 0 Å². The van der Waals surface area contributed by atoms with Crippen molar-refractivity contribution in [3.63, 3.8) is 0 Å². The highest BCUT2D eigenvalue weighted by atomic mass is 35.5. The van der Waals surface area contributed by atoms with Crippen LogP contribution in [0.25, 0.3) is 0 Å². The molecule has 0 heterocycles. The molecule has 0 aliphatic carbocycles. The minimum absolute atomic E-state index is 0.143. The van der Waals surface area contributed by atoms with Crippen molar-refractivity contribution in [3.8, 4) is 0 Å². The zero-order chi connectivity index (χ0) is 10.6. The fraction of sp³-hybridized carbons (Fsp3) is 0.182. The lowest BCUT2D eigenvalue weighted by Gasteiger charge is -2.08. The Morgan fingerprint density at radius 2 is 2.21 bits per heavy atom. The largest absolute Gasteiger partial charge is 0.321 e. The van der Waals surface area contributed by atoms with E-state index in [1.165, 1.54) is 0 Å². The Balaban J connectivity index is 2.89. The van der Waals surface area contributed by atoms with E-state index in [4.69, 9.17) is 17.3 Å². The van der Waals surface area contributed by atoms with Gasteiger partial charge in [0.05, 0.1) is 11.1 Å². The molecule has 14 heavy (non-hydrogen) atoms. The lowest BCUT2D eigenvalue weighted by atomic mass is 10.0. The van der Waals surface area contributed by atoms with Gasteiger partial charge in [0.1, 0.15) is 0 Å². The summed E-state index contributed by atoms with van der Waals surface area (Å²) in [5.41, 5.74) is 6.12. The molecule has 1 rings (SSSR count). The minimum Gasteiger partial charge on any atom is -0.321 e. The summed E-state index contributed by atoms with van der Waals surface area (Å²) >= 11 is 5.86. The van der Waals surface area contributed by atoms with E-state index in [9.17, 15) is 4.79 Å². The number of Topliss-reactive ketones (excluding diaryl/α,β-unsaturated/α-hetero) is 1. The molecular formula is C11H12ClNO. The summed E-state index contributed by atoms with van der Waals surface area (Å²) in [6, 6.07) is 6.34. The average molecular weight is 210 g/mol. The minimum atomic E-state index is -0.549. The van der Waals surface area contributed by atoms with Crippen LogP contribution in [0.15, 0.2) is 36.9 Å². The van der Waals surface area contributed by atoms with Crippen LogP contribution in [-0.2, 0) is 0 Å². The normalized spacial score (nSPS) is 12.1. The standard InChI is InChI=1S/C11H12ClNO/c1-2-5-10(13)11(14)8-6-3-4-7-9(8)12/h2-4,6-7,10H,1,5,13H2. The molecule has 0 aromatic heterocycles. The van der Waals surface area contributed by atoms with Crippen molar-refractivity contribution < 1.29 is 4.79 Å².